The number of carbonyl (C=O) groups is 3. The molecule has 33 heavy (non-hydrogen) atoms. The van der Waals surface area contributed by atoms with Crippen molar-refractivity contribution >= 4 is 41.4 Å². The minimum absolute atomic E-state index is 0.206. The van der Waals surface area contributed by atoms with Crippen molar-refractivity contribution in [3.8, 4) is 22.5 Å². The summed E-state index contributed by atoms with van der Waals surface area (Å²) in [5.74, 6) is -0.766. The van der Waals surface area contributed by atoms with Crippen LogP contribution in [0.5, 0.6) is 0 Å². The second-order valence-corrected chi connectivity index (χ2v) is 8.83. The van der Waals surface area contributed by atoms with Crippen LogP contribution in [0, 0.1) is 6.92 Å². The summed E-state index contributed by atoms with van der Waals surface area (Å²) in [6, 6.07) is 10.7. The quantitative estimate of drug-likeness (QED) is 0.420. The number of imidazole rings is 1. The van der Waals surface area contributed by atoms with Crippen LogP contribution in [0.4, 0.5) is 0 Å². The summed E-state index contributed by atoms with van der Waals surface area (Å²) in [5.41, 5.74) is 4.99. The van der Waals surface area contributed by atoms with Crippen LogP contribution >= 0.6 is 23.2 Å². The maximum Gasteiger partial charge on any atom is 0.249 e. The van der Waals surface area contributed by atoms with Gasteiger partial charge >= 0.3 is 0 Å². The zero-order valence-corrected chi connectivity index (χ0v) is 19.7. The van der Waals surface area contributed by atoms with Crippen LogP contribution in [0.15, 0.2) is 42.7 Å². The third-order valence-corrected chi connectivity index (χ3v) is 6.68. The summed E-state index contributed by atoms with van der Waals surface area (Å²) in [4.78, 5) is 41.6. The molecule has 0 aliphatic carbocycles. The zero-order valence-electron chi connectivity index (χ0n) is 18.1. The number of aryl methyl sites for hydroxylation is 2. The molecule has 1 saturated heterocycles. The van der Waals surface area contributed by atoms with Crippen LogP contribution in [0.2, 0.25) is 10.0 Å². The first-order valence-corrected chi connectivity index (χ1v) is 11.2. The first-order valence-electron chi connectivity index (χ1n) is 10.4. The fraction of sp³-hybridized carbons (Fsp3) is 0.250. The smallest absolute Gasteiger partial charge is 0.249 e. The van der Waals surface area contributed by atoms with E-state index in [1.807, 2.05) is 48.9 Å². The number of nitrogens with zero attached hydrogens (tertiary/aromatic N) is 3. The van der Waals surface area contributed by atoms with Crippen molar-refractivity contribution < 1.29 is 14.4 Å². The van der Waals surface area contributed by atoms with Gasteiger partial charge in [-0.1, -0.05) is 47.5 Å². The molecule has 3 aromatic rings. The number of imide groups is 1. The van der Waals surface area contributed by atoms with E-state index >= 15 is 0 Å². The maximum atomic E-state index is 12.3. The second-order valence-electron chi connectivity index (χ2n) is 8.04. The van der Waals surface area contributed by atoms with E-state index in [2.05, 4.69) is 10.3 Å². The lowest BCUT2D eigenvalue weighted by Gasteiger charge is -2.30. The molecule has 170 valence electrons. The number of amides is 3. The van der Waals surface area contributed by atoms with Crippen LogP contribution < -0.4 is 5.32 Å². The molecule has 2 heterocycles. The van der Waals surface area contributed by atoms with Crippen molar-refractivity contribution in [2.24, 2.45) is 7.05 Å². The normalized spacial score (nSPS) is 15.9. The van der Waals surface area contributed by atoms with E-state index in [1.54, 1.807) is 12.4 Å². The number of benzene rings is 2. The zero-order chi connectivity index (χ0) is 23.7. The third-order valence-electron chi connectivity index (χ3n) is 5.87. The molecule has 1 unspecified atom stereocenters. The predicted octanol–water partition coefficient (Wildman–Crippen LogP) is 4.13. The van der Waals surface area contributed by atoms with Crippen molar-refractivity contribution in [1.82, 2.24) is 19.8 Å². The maximum absolute atomic E-state index is 12.3. The van der Waals surface area contributed by atoms with Gasteiger partial charge in [-0.2, -0.15) is 0 Å². The number of halogens is 2. The Morgan fingerprint density at radius 3 is 2.76 bits per heavy atom. The van der Waals surface area contributed by atoms with E-state index in [0.717, 1.165) is 33.6 Å². The highest BCUT2D eigenvalue weighted by Gasteiger charge is 2.31. The molecule has 1 atom stereocenters. The lowest BCUT2D eigenvalue weighted by Crippen LogP contribution is -2.51. The van der Waals surface area contributed by atoms with Gasteiger partial charge < -0.3 is 9.47 Å². The molecule has 9 heteroatoms. The van der Waals surface area contributed by atoms with Crippen LogP contribution in [0.25, 0.3) is 22.5 Å². The van der Waals surface area contributed by atoms with Crippen LogP contribution in [0.1, 0.15) is 24.0 Å². The van der Waals surface area contributed by atoms with Gasteiger partial charge in [0.25, 0.3) is 0 Å². The molecule has 1 aliphatic rings. The SMILES string of the molecule is Cc1ccc(-c2ncn(C)c2-c2cccc(Cl)c2Cl)cc1CN(C=O)C1CCC(=O)NC1=O. The van der Waals surface area contributed by atoms with E-state index in [4.69, 9.17) is 23.2 Å². The molecular weight excluding hydrogens is 463 g/mol. The number of hydrogen-bond donors (Lipinski definition) is 1. The van der Waals surface area contributed by atoms with Crippen molar-refractivity contribution in [1.29, 1.82) is 0 Å². The van der Waals surface area contributed by atoms with Gasteiger partial charge in [-0.15, -0.1) is 0 Å². The Hall–Kier alpha value is -3.16. The molecule has 3 amide bonds. The molecule has 0 saturated carbocycles. The Labute approximate surface area is 201 Å². The molecule has 0 spiro atoms. The first kappa shape index (κ1) is 23.0. The van der Waals surface area contributed by atoms with Gasteiger partial charge in [0, 0.05) is 31.1 Å². The third kappa shape index (κ3) is 4.51. The average Bonchev–Trinajstić information content (AvgIpc) is 3.17. The number of piperidine rings is 1. The summed E-state index contributed by atoms with van der Waals surface area (Å²) in [7, 11) is 1.88. The van der Waals surface area contributed by atoms with Crippen molar-refractivity contribution in [2.45, 2.75) is 32.4 Å². The number of hydrogen-bond acceptors (Lipinski definition) is 4. The van der Waals surface area contributed by atoms with Crippen molar-refractivity contribution in [3.63, 3.8) is 0 Å². The van der Waals surface area contributed by atoms with Crippen LogP contribution in [-0.2, 0) is 28.0 Å². The van der Waals surface area contributed by atoms with Gasteiger partial charge in [0.1, 0.15) is 6.04 Å². The highest BCUT2D eigenvalue weighted by Crippen LogP contribution is 2.38. The standard InChI is InChI=1S/C24H22Cl2N4O3/c1-14-6-7-15(10-16(14)11-30(13-31)19-8-9-20(32)28-24(19)33)22-23(29(2)12-27-22)17-4-3-5-18(25)21(17)26/h3-7,10,12-13,19H,8-9,11H2,1-2H3,(H,28,32,33). The summed E-state index contributed by atoms with van der Waals surface area (Å²) in [6.45, 7) is 2.18. The van der Waals surface area contributed by atoms with Crippen LogP contribution in [-0.4, -0.2) is 38.7 Å². The van der Waals surface area contributed by atoms with Gasteiger partial charge in [-0.3, -0.25) is 19.7 Å². The van der Waals surface area contributed by atoms with E-state index in [0.29, 0.717) is 22.9 Å². The van der Waals surface area contributed by atoms with E-state index < -0.39 is 11.9 Å². The molecule has 1 N–H and O–H groups in total. The first-order chi connectivity index (χ1) is 15.8. The summed E-state index contributed by atoms with van der Waals surface area (Å²) in [5, 5.41) is 3.21. The molecule has 4 rings (SSSR count). The number of rotatable bonds is 6. The number of nitrogens with one attached hydrogen (secondary N) is 1. The molecule has 0 radical (unpaired) electrons. The monoisotopic (exact) mass is 484 g/mol. The summed E-state index contributed by atoms with van der Waals surface area (Å²) >= 11 is 12.7. The minimum Gasteiger partial charge on any atom is -0.333 e. The number of carbonyl (C=O) groups excluding carboxylic acids is 3. The minimum atomic E-state index is -0.682. The number of aromatic nitrogens is 2. The molecule has 0 bridgehead atoms. The van der Waals surface area contributed by atoms with Gasteiger partial charge in [-0.25, -0.2) is 4.98 Å². The van der Waals surface area contributed by atoms with E-state index in [-0.39, 0.29) is 18.9 Å². The Morgan fingerprint density at radius 2 is 2.03 bits per heavy atom. The predicted molar refractivity (Wildman–Crippen MR) is 127 cm³/mol. The largest absolute Gasteiger partial charge is 0.333 e. The Balaban J connectivity index is 1.70. The van der Waals surface area contributed by atoms with Gasteiger partial charge in [0.2, 0.25) is 18.2 Å². The highest BCUT2D eigenvalue weighted by molar-refractivity contribution is 6.43. The summed E-state index contributed by atoms with van der Waals surface area (Å²) in [6.07, 6.45) is 2.88. The average molecular weight is 485 g/mol. The second kappa shape index (κ2) is 9.37. The Bertz CT molecular complexity index is 1250. The van der Waals surface area contributed by atoms with Crippen molar-refractivity contribution in [3.05, 3.63) is 63.9 Å². The molecule has 1 aromatic heterocycles. The van der Waals surface area contributed by atoms with Crippen LogP contribution in [0.3, 0.4) is 0 Å². The molecule has 1 fully saturated rings. The molecule has 7 nitrogen and oxygen atoms in total. The Morgan fingerprint density at radius 1 is 1.24 bits per heavy atom. The molecule has 2 aromatic carbocycles. The van der Waals surface area contributed by atoms with Gasteiger partial charge in [0.15, 0.2) is 0 Å². The van der Waals surface area contributed by atoms with E-state index in [1.165, 1.54) is 4.90 Å². The summed E-state index contributed by atoms with van der Waals surface area (Å²) < 4.78 is 1.88. The van der Waals surface area contributed by atoms with E-state index in [9.17, 15) is 14.4 Å². The topological polar surface area (TPSA) is 84.3 Å². The molecular formula is C24H22Cl2N4O3. The van der Waals surface area contributed by atoms with Gasteiger partial charge in [-0.05, 0) is 36.6 Å². The fourth-order valence-electron chi connectivity index (χ4n) is 4.05. The Kier molecular flexibility index (Phi) is 6.54. The van der Waals surface area contributed by atoms with Crippen molar-refractivity contribution in [2.75, 3.05) is 0 Å². The fourth-order valence-corrected chi connectivity index (χ4v) is 4.44. The molecule has 1 aliphatic heterocycles. The lowest BCUT2D eigenvalue weighted by atomic mass is 9.98. The lowest BCUT2D eigenvalue weighted by molar-refractivity contribution is -0.141. The highest BCUT2D eigenvalue weighted by atomic mass is 35.5. The van der Waals surface area contributed by atoms with Gasteiger partial charge in [0.05, 0.1) is 27.8 Å².